The quantitative estimate of drug-likeness (QED) is 0.635. The molecule has 0 unspecified atom stereocenters. The Morgan fingerprint density at radius 1 is 1.41 bits per heavy atom. The van der Waals surface area contributed by atoms with Crippen molar-refractivity contribution in [2.75, 3.05) is 11.6 Å². The highest BCUT2D eigenvalue weighted by Gasteiger charge is 2.18. The summed E-state index contributed by atoms with van der Waals surface area (Å²) in [6.45, 7) is 0. The first-order chi connectivity index (χ1) is 8.22. The second-order valence-electron chi connectivity index (χ2n) is 3.97. The number of anilines is 1. The van der Waals surface area contributed by atoms with Crippen molar-refractivity contribution >= 4 is 23.4 Å². The van der Waals surface area contributed by atoms with Gasteiger partial charge in [-0.15, -0.1) is 11.8 Å². The number of hydrogen-bond acceptors (Lipinski definition) is 3. The van der Waals surface area contributed by atoms with Crippen LogP contribution in [0.1, 0.15) is 23.2 Å². The fourth-order valence-corrected chi connectivity index (χ4v) is 2.61. The molecule has 2 N–H and O–H groups in total. The highest BCUT2D eigenvalue weighted by molar-refractivity contribution is 7.98. The third-order valence-electron chi connectivity index (χ3n) is 2.83. The lowest BCUT2D eigenvalue weighted by Gasteiger charge is -2.17. The van der Waals surface area contributed by atoms with Gasteiger partial charge >= 0.3 is 5.97 Å². The fraction of sp³-hybridized carbons (Fsp3) is 0.308. The van der Waals surface area contributed by atoms with Crippen molar-refractivity contribution < 1.29 is 9.90 Å². The van der Waals surface area contributed by atoms with E-state index in [1.807, 2.05) is 24.5 Å². The van der Waals surface area contributed by atoms with Crippen LogP contribution in [0.2, 0.25) is 0 Å². The topological polar surface area (TPSA) is 49.3 Å². The van der Waals surface area contributed by atoms with Crippen LogP contribution >= 0.6 is 11.8 Å². The SMILES string of the molecule is CSc1cccc(NC2CC=CC2)c1C(=O)O. The van der Waals surface area contributed by atoms with Crippen LogP contribution in [0.4, 0.5) is 5.69 Å². The van der Waals surface area contributed by atoms with Crippen LogP contribution in [0.5, 0.6) is 0 Å². The van der Waals surface area contributed by atoms with E-state index in [0.717, 1.165) is 23.4 Å². The molecule has 0 amide bonds. The van der Waals surface area contributed by atoms with E-state index in [0.29, 0.717) is 11.6 Å². The number of carboxylic acid groups (broad SMARTS) is 1. The number of carbonyl (C=O) groups is 1. The summed E-state index contributed by atoms with van der Waals surface area (Å²) in [5.41, 5.74) is 1.10. The summed E-state index contributed by atoms with van der Waals surface area (Å²) in [6.07, 6.45) is 8.06. The Hall–Kier alpha value is -1.42. The Morgan fingerprint density at radius 2 is 2.12 bits per heavy atom. The minimum Gasteiger partial charge on any atom is -0.478 e. The van der Waals surface area contributed by atoms with Crippen LogP contribution < -0.4 is 5.32 Å². The molecule has 0 aromatic heterocycles. The van der Waals surface area contributed by atoms with Crippen molar-refractivity contribution in [1.29, 1.82) is 0 Å². The molecule has 3 nitrogen and oxygen atoms in total. The molecule has 0 saturated carbocycles. The lowest BCUT2D eigenvalue weighted by molar-refractivity contribution is 0.0694. The number of hydrogen-bond donors (Lipinski definition) is 2. The lowest BCUT2D eigenvalue weighted by Crippen LogP contribution is -2.17. The maximum atomic E-state index is 11.3. The fourth-order valence-electron chi connectivity index (χ4n) is 2.00. The molecule has 1 aliphatic rings. The molecule has 17 heavy (non-hydrogen) atoms. The molecule has 1 aromatic carbocycles. The number of thioether (sulfide) groups is 1. The largest absolute Gasteiger partial charge is 0.478 e. The first-order valence-electron chi connectivity index (χ1n) is 5.54. The number of rotatable bonds is 4. The number of nitrogens with one attached hydrogen (secondary N) is 1. The first-order valence-corrected chi connectivity index (χ1v) is 6.76. The minimum atomic E-state index is -0.872. The van der Waals surface area contributed by atoms with Gasteiger partial charge in [-0.25, -0.2) is 4.79 Å². The van der Waals surface area contributed by atoms with E-state index >= 15 is 0 Å². The Bertz CT molecular complexity index is 449. The second kappa shape index (κ2) is 5.27. The van der Waals surface area contributed by atoms with Gasteiger partial charge in [0, 0.05) is 10.9 Å². The molecular formula is C13H15NO2S. The summed E-state index contributed by atoms with van der Waals surface area (Å²) in [7, 11) is 0. The third-order valence-corrected chi connectivity index (χ3v) is 3.61. The molecule has 0 spiro atoms. The number of benzene rings is 1. The van der Waals surface area contributed by atoms with Crippen molar-refractivity contribution in [3.63, 3.8) is 0 Å². The van der Waals surface area contributed by atoms with Gasteiger partial charge in [-0.3, -0.25) is 0 Å². The molecule has 0 heterocycles. The Labute approximate surface area is 105 Å². The van der Waals surface area contributed by atoms with E-state index in [4.69, 9.17) is 0 Å². The van der Waals surface area contributed by atoms with Crippen LogP contribution in [0.25, 0.3) is 0 Å². The Morgan fingerprint density at radius 3 is 2.71 bits per heavy atom. The van der Waals surface area contributed by atoms with Gasteiger partial charge in [0.15, 0.2) is 0 Å². The van der Waals surface area contributed by atoms with E-state index in [2.05, 4.69) is 17.5 Å². The molecule has 90 valence electrons. The molecule has 0 aliphatic heterocycles. The summed E-state index contributed by atoms with van der Waals surface area (Å²) >= 11 is 1.46. The summed E-state index contributed by atoms with van der Waals surface area (Å²) in [5, 5.41) is 12.6. The van der Waals surface area contributed by atoms with Crippen molar-refractivity contribution in [3.05, 3.63) is 35.9 Å². The van der Waals surface area contributed by atoms with Crippen LogP contribution in [0, 0.1) is 0 Å². The monoisotopic (exact) mass is 249 g/mol. The predicted octanol–water partition coefficient (Wildman–Crippen LogP) is 3.24. The van der Waals surface area contributed by atoms with Crippen LogP contribution in [0.15, 0.2) is 35.2 Å². The van der Waals surface area contributed by atoms with Gasteiger partial charge in [-0.05, 0) is 31.2 Å². The van der Waals surface area contributed by atoms with Crippen LogP contribution in [-0.4, -0.2) is 23.4 Å². The smallest absolute Gasteiger partial charge is 0.338 e. The van der Waals surface area contributed by atoms with Crippen LogP contribution in [0.3, 0.4) is 0 Å². The van der Waals surface area contributed by atoms with Crippen molar-refractivity contribution in [3.8, 4) is 0 Å². The van der Waals surface area contributed by atoms with Crippen molar-refractivity contribution in [2.45, 2.75) is 23.8 Å². The Balaban J connectivity index is 2.28. The molecule has 4 heteroatoms. The summed E-state index contributed by atoms with van der Waals surface area (Å²) in [4.78, 5) is 12.1. The maximum Gasteiger partial charge on any atom is 0.338 e. The highest BCUT2D eigenvalue weighted by atomic mass is 32.2. The molecule has 1 aromatic rings. The molecule has 0 bridgehead atoms. The summed E-state index contributed by atoms with van der Waals surface area (Å²) < 4.78 is 0. The lowest BCUT2D eigenvalue weighted by atomic mass is 10.1. The van der Waals surface area contributed by atoms with Gasteiger partial charge < -0.3 is 10.4 Å². The predicted molar refractivity (Wildman–Crippen MR) is 71.0 cm³/mol. The molecule has 1 aliphatic carbocycles. The molecule has 2 rings (SSSR count). The zero-order valence-electron chi connectivity index (χ0n) is 9.64. The van der Waals surface area contributed by atoms with Crippen molar-refractivity contribution in [1.82, 2.24) is 0 Å². The zero-order valence-corrected chi connectivity index (χ0v) is 10.5. The zero-order chi connectivity index (χ0) is 12.3. The van der Waals surface area contributed by atoms with E-state index in [-0.39, 0.29) is 0 Å². The van der Waals surface area contributed by atoms with E-state index < -0.39 is 5.97 Å². The number of aromatic carboxylic acids is 1. The van der Waals surface area contributed by atoms with Crippen LogP contribution in [-0.2, 0) is 0 Å². The summed E-state index contributed by atoms with van der Waals surface area (Å²) in [6, 6.07) is 5.89. The standard InChI is InChI=1S/C13H15NO2S/c1-17-11-8-4-7-10(12(11)13(15)16)14-9-5-2-3-6-9/h2-4,7-9,14H,5-6H2,1H3,(H,15,16). The maximum absolute atomic E-state index is 11.3. The van der Waals surface area contributed by atoms with Gasteiger partial charge in [0.05, 0.1) is 11.3 Å². The second-order valence-corrected chi connectivity index (χ2v) is 4.82. The van der Waals surface area contributed by atoms with Gasteiger partial charge in [-0.1, -0.05) is 18.2 Å². The highest BCUT2D eigenvalue weighted by Crippen LogP contribution is 2.28. The van der Waals surface area contributed by atoms with Gasteiger partial charge in [-0.2, -0.15) is 0 Å². The first kappa shape index (κ1) is 12.0. The van der Waals surface area contributed by atoms with E-state index in [1.54, 1.807) is 0 Å². The van der Waals surface area contributed by atoms with Gasteiger partial charge in [0.1, 0.15) is 0 Å². The van der Waals surface area contributed by atoms with Gasteiger partial charge in [0.25, 0.3) is 0 Å². The average molecular weight is 249 g/mol. The average Bonchev–Trinajstić information content (AvgIpc) is 2.81. The van der Waals surface area contributed by atoms with E-state index in [1.165, 1.54) is 11.8 Å². The van der Waals surface area contributed by atoms with Gasteiger partial charge in [0.2, 0.25) is 0 Å². The number of carboxylic acids is 1. The summed E-state index contributed by atoms with van der Waals surface area (Å²) in [5.74, 6) is -0.872. The minimum absolute atomic E-state index is 0.324. The molecule has 0 atom stereocenters. The molecular weight excluding hydrogens is 234 g/mol. The van der Waals surface area contributed by atoms with Crippen molar-refractivity contribution in [2.24, 2.45) is 0 Å². The molecule has 0 saturated heterocycles. The normalized spacial score (nSPS) is 15.1. The Kier molecular flexibility index (Phi) is 3.74. The van der Waals surface area contributed by atoms with E-state index in [9.17, 15) is 9.90 Å². The molecule has 0 radical (unpaired) electrons. The third kappa shape index (κ3) is 2.64. The molecule has 0 fully saturated rings.